The maximum Gasteiger partial charge on any atom is 0.416 e. The second-order valence-electron chi connectivity index (χ2n) is 5.17. The van der Waals surface area contributed by atoms with Gasteiger partial charge in [-0.05, 0) is 37.3 Å². The highest BCUT2D eigenvalue weighted by molar-refractivity contribution is 14.0. The summed E-state index contributed by atoms with van der Waals surface area (Å²) in [7, 11) is 1.65. The van der Waals surface area contributed by atoms with Crippen LogP contribution in [0.1, 0.15) is 20.9 Å². The summed E-state index contributed by atoms with van der Waals surface area (Å²) in [5, 5.41) is 6.17. The van der Waals surface area contributed by atoms with Gasteiger partial charge >= 0.3 is 6.18 Å². The summed E-state index contributed by atoms with van der Waals surface area (Å²) in [6, 6.07) is 9.07. The van der Waals surface area contributed by atoms with Gasteiger partial charge in [0, 0.05) is 22.4 Å². The molecule has 0 saturated carbocycles. The fraction of sp³-hybridized carbons (Fsp3) is 0.278. The number of thiophene rings is 1. The van der Waals surface area contributed by atoms with E-state index in [4.69, 9.17) is 0 Å². The zero-order valence-electron chi connectivity index (χ0n) is 14.3. The Morgan fingerprint density at radius 3 is 2.58 bits per heavy atom. The molecule has 0 saturated heterocycles. The molecule has 3 nitrogen and oxygen atoms in total. The van der Waals surface area contributed by atoms with Crippen molar-refractivity contribution in [2.24, 2.45) is 4.99 Å². The van der Waals surface area contributed by atoms with Crippen LogP contribution in [0, 0.1) is 18.8 Å². The highest BCUT2D eigenvalue weighted by Gasteiger charge is 2.30. The van der Waals surface area contributed by atoms with Gasteiger partial charge in [0.25, 0.3) is 0 Å². The van der Waals surface area contributed by atoms with E-state index in [-0.39, 0.29) is 30.5 Å². The molecule has 1 heterocycles. The highest BCUT2D eigenvalue weighted by Crippen LogP contribution is 2.29. The van der Waals surface area contributed by atoms with E-state index in [1.165, 1.54) is 15.8 Å². The van der Waals surface area contributed by atoms with Crippen LogP contribution in [0.2, 0.25) is 0 Å². The third-order valence-electron chi connectivity index (χ3n) is 3.22. The van der Waals surface area contributed by atoms with Crippen molar-refractivity contribution < 1.29 is 13.2 Å². The molecule has 1 aromatic carbocycles. The molecule has 0 amide bonds. The van der Waals surface area contributed by atoms with Crippen LogP contribution in [-0.2, 0) is 12.7 Å². The molecule has 0 radical (unpaired) electrons. The molecule has 0 aliphatic rings. The fourth-order valence-electron chi connectivity index (χ4n) is 2.02. The van der Waals surface area contributed by atoms with E-state index in [1.807, 2.05) is 13.0 Å². The SMILES string of the molecule is CN=C(NCC#Cc1cccc(C(F)(F)F)c1)NCc1ccc(C)s1.I. The first-order chi connectivity index (χ1) is 11.9. The van der Waals surface area contributed by atoms with Crippen LogP contribution in [0.15, 0.2) is 41.4 Å². The summed E-state index contributed by atoms with van der Waals surface area (Å²) in [5.74, 6) is 6.11. The summed E-state index contributed by atoms with van der Waals surface area (Å²) in [6.45, 7) is 2.98. The first kappa shape index (κ1) is 22.3. The molecule has 0 unspecified atom stereocenters. The Hall–Kier alpha value is -1.73. The minimum atomic E-state index is -4.36. The second kappa shape index (κ2) is 10.4. The minimum absolute atomic E-state index is 0. The molecule has 0 atom stereocenters. The maximum atomic E-state index is 12.7. The van der Waals surface area contributed by atoms with Gasteiger partial charge in [-0.15, -0.1) is 35.3 Å². The summed E-state index contributed by atoms with van der Waals surface area (Å²) in [5.41, 5.74) is -0.371. The van der Waals surface area contributed by atoms with Crippen LogP contribution >= 0.6 is 35.3 Å². The second-order valence-corrected chi connectivity index (χ2v) is 6.54. The molecule has 0 bridgehead atoms. The largest absolute Gasteiger partial charge is 0.416 e. The fourth-order valence-corrected chi connectivity index (χ4v) is 2.85. The van der Waals surface area contributed by atoms with Gasteiger partial charge in [-0.2, -0.15) is 13.2 Å². The normalized spacial score (nSPS) is 11.2. The summed E-state index contributed by atoms with van der Waals surface area (Å²) in [6.07, 6.45) is -4.36. The number of aryl methyl sites for hydroxylation is 1. The number of nitrogens with one attached hydrogen (secondary N) is 2. The predicted octanol–water partition coefficient (Wildman–Crippen LogP) is 4.41. The molecule has 0 aliphatic carbocycles. The number of hydrogen-bond donors (Lipinski definition) is 2. The van der Waals surface area contributed by atoms with Gasteiger partial charge in [-0.25, -0.2) is 0 Å². The Bertz CT molecular complexity index is 804. The van der Waals surface area contributed by atoms with E-state index in [0.717, 1.165) is 12.1 Å². The molecular weight excluding hydrogens is 474 g/mol. The van der Waals surface area contributed by atoms with Gasteiger partial charge in [0.2, 0.25) is 0 Å². The first-order valence-electron chi connectivity index (χ1n) is 7.54. The summed E-state index contributed by atoms with van der Waals surface area (Å²) in [4.78, 5) is 6.52. The van der Waals surface area contributed by atoms with Crippen LogP contribution in [0.25, 0.3) is 0 Å². The number of rotatable bonds is 3. The topological polar surface area (TPSA) is 36.4 Å². The number of halogens is 4. The molecule has 140 valence electrons. The molecule has 0 spiro atoms. The highest BCUT2D eigenvalue weighted by atomic mass is 127. The first-order valence-corrected chi connectivity index (χ1v) is 8.36. The van der Waals surface area contributed by atoms with Crippen molar-refractivity contribution in [1.82, 2.24) is 10.6 Å². The Morgan fingerprint density at radius 1 is 1.19 bits per heavy atom. The van der Waals surface area contributed by atoms with Crippen LogP contribution < -0.4 is 10.6 Å². The van der Waals surface area contributed by atoms with E-state index < -0.39 is 11.7 Å². The Kier molecular flexibility index (Phi) is 8.95. The third-order valence-corrected chi connectivity index (χ3v) is 4.22. The van der Waals surface area contributed by atoms with E-state index in [1.54, 1.807) is 24.5 Å². The van der Waals surface area contributed by atoms with Crippen LogP contribution in [0.4, 0.5) is 13.2 Å². The molecule has 26 heavy (non-hydrogen) atoms. The summed E-state index contributed by atoms with van der Waals surface area (Å²) < 4.78 is 38.0. The van der Waals surface area contributed by atoms with Gasteiger partial charge in [0.1, 0.15) is 0 Å². The number of benzene rings is 1. The van der Waals surface area contributed by atoms with Gasteiger partial charge in [0.15, 0.2) is 5.96 Å². The molecule has 0 aliphatic heterocycles. The zero-order valence-corrected chi connectivity index (χ0v) is 17.4. The Labute approximate surface area is 172 Å². The van der Waals surface area contributed by atoms with Crippen molar-refractivity contribution in [3.63, 3.8) is 0 Å². The van der Waals surface area contributed by atoms with E-state index in [9.17, 15) is 13.2 Å². The lowest BCUT2D eigenvalue weighted by Gasteiger charge is -2.08. The Balaban J connectivity index is 0.00000338. The van der Waals surface area contributed by atoms with Crippen LogP contribution in [0.5, 0.6) is 0 Å². The number of guanidine groups is 1. The smallest absolute Gasteiger partial charge is 0.352 e. The van der Waals surface area contributed by atoms with E-state index >= 15 is 0 Å². The molecular formula is C18H19F3IN3S. The van der Waals surface area contributed by atoms with Crippen LogP contribution in [0.3, 0.4) is 0 Å². The maximum absolute atomic E-state index is 12.7. The van der Waals surface area contributed by atoms with Crippen molar-refractivity contribution in [2.75, 3.05) is 13.6 Å². The number of nitrogens with zero attached hydrogens (tertiary/aromatic N) is 1. The lowest BCUT2D eigenvalue weighted by molar-refractivity contribution is -0.137. The lowest BCUT2D eigenvalue weighted by atomic mass is 10.1. The zero-order chi connectivity index (χ0) is 18.3. The van der Waals surface area contributed by atoms with E-state index in [0.29, 0.717) is 18.1 Å². The molecule has 2 rings (SSSR count). The van der Waals surface area contributed by atoms with Crippen molar-refractivity contribution >= 4 is 41.3 Å². The van der Waals surface area contributed by atoms with E-state index in [2.05, 4.69) is 33.5 Å². The number of hydrogen-bond acceptors (Lipinski definition) is 2. The molecule has 8 heteroatoms. The molecule has 2 N–H and O–H groups in total. The number of alkyl halides is 3. The average Bonchev–Trinajstić information content (AvgIpc) is 2.99. The minimum Gasteiger partial charge on any atom is -0.352 e. The van der Waals surface area contributed by atoms with Crippen molar-refractivity contribution in [1.29, 1.82) is 0 Å². The summed E-state index contributed by atoms with van der Waals surface area (Å²) >= 11 is 1.70. The van der Waals surface area contributed by atoms with Gasteiger partial charge in [-0.1, -0.05) is 17.9 Å². The lowest BCUT2D eigenvalue weighted by Crippen LogP contribution is -2.36. The molecule has 0 fully saturated rings. The average molecular weight is 493 g/mol. The predicted molar refractivity (Wildman–Crippen MR) is 111 cm³/mol. The van der Waals surface area contributed by atoms with Crippen molar-refractivity contribution in [2.45, 2.75) is 19.6 Å². The molecule has 1 aromatic heterocycles. The van der Waals surface area contributed by atoms with Crippen molar-refractivity contribution in [3.05, 3.63) is 57.3 Å². The van der Waals surface area contributed by atoms with Gasteiger partial charge < -0.3 is 10.6 Å². The monoisotopic (exact) mass is 493 g/mol. The number of aliphatic imine (C=N–C) groups is 1. The molecule has 2 aromatic rings. The Morgan fingerprint density at radius 2 is 1.96 bits per heavy atom. The van der Waals surface area contributed by atoms with Gasteiger partial charge in [0.05, 0.1) is 18.7 Å². The van der Waals surface area contributed by atoms with Crippen LogP contribution in [-0.4, -0.2) is 19.6 Å². The van der Waals surface area contributed by atoms with Gasteiger partial charge in [-0.3, -0.25) is 4.99 Å². The quantitative estimate of drug-likeness (QED) is 0.288. The van der Waals surface area contributed by atoms with Crippen molar-refractivity contribution in [3.8, 4) is 11.8 Å². The third kappa shape index (κ3) is 7.25. The standard InChI is InChI=1S/C18H18F3N3S.HI/c1-13-8-9-16(25-13)12-24-17(22-2)23-10-4-6-14-5-3-7-15(11-14)18(19,20)21;/h3,5,7-9,11H,10,12H2,1-2H3,(H2,22,23,24);1H.